The number of fused-ring (bicyclic) bond motifs is 1. The number of halogens is 2. The van der Waals surface area contributed by atoms with E-state index in [9.17, 15) is 4.79 Å². The minimum Gasteiger partial charge on any atom is -0.342 e. The van der Waals surface area contributed by atoms with Gasteiger partial charge in [-0.1, -0.05) is 12.1 Å². The Balaban J connectivity index is 0.00000132. The predicted molar refractivity (Wildman–Crippen MR) is 97.7 cm³/mol. The van der Waals surface area contributed by atoms with Crippen LogP contribution in [-0.4, -0.2) is 46.5 Å². The molecule has 0 bridgehead atoms. The quantitative estimate of drug-likeness (QED) is 0.885. The van der Waals surface area contributed by atoms with Crippen molar-refractivity contribution in [3.05, 3.63) is 29.6 Å². The summed E-state index contributed by atoms with van der Waals surface area (Å²) in [4.78, 5) is 22.2. The third kappa shape index (κ3) is 4.37. The number of nitrogens with zero attached hydrogens (tertiary/aromatic N) is 2. The fourth-order valence-corrected chi connectivity index (χ4v) is 2.93. The van der Waals surface area contributed by atoms with Crippen molar-refractivity contribution in [3.8, 4) is 0 Å². The molecule has 1 aliphatic heterocycles. The number of piperazine rings is 1. The number of para-hydroxylation sites is 1. The monoisotopic (exact) mass is 358 g/mol. The molecule has 128 valence electrons. The summed E-state index contributed by atoms with van der Waals surface area (Å²) in [5, 5.41) is 3.30. The van der Waals surface area contributed by atoms with Crippen LogP contribution in [0.1, 0.15) is 24.7 Å². The van der Waals surface area contributed by atoms with E-state index in [1.54, 1.807) is 0 Å². The molecule has 5 nitrogen and oxygen atoms in total. The van der Waals surface area contributed by atoms with Crippen LogP contribution in [0.15, 0.2) is 18.2 Å². The Morgan fingerprint density at radius 1 is 1.39 bits per heavy atom. The average Bonchev–Trinajstić information content (AvgIpc) is 2.90. The van der Waals surface area contributed by atoms with Crippen LogP contribution in [0, 0.1) is 6.92 Å². The molecule has 2 N–H and O–H groups in total. The summed E-state index contributed by atoms with van der Waals surface area (Å²) in [6, 6.07) is 6.39. The topological polar surface area (TPSA) is 61.0 Å². The third-order valence-electron chi connectivity index (χ3n) is 4.16. The van der Waals surface area contributed by atoms with Gasteiger partial charge < -0.3 is 15.2 Å². The van der Waals surface area contributed by atoms with E-state index < -0.39 is 0 Å². The standard InChI is InChI=1S/C16H22N4O.2ClH/c1-11-4-3-5-13-16(11)19-14(18-13)6-7-15(21)20-9-8-17-10-12(20)2;;/h3-5,12,17H,6-10H2,1-2H3,(H,18,19);2*1H/t12-;;/m1../s1. The minimum absolute atomic E-state index is 0. The van der Waals surface area contributed by atoms with E-state index in [4.69, 9.17) is 0 Å². The molecule has 1 aromatic heterocycles. The van der Waals surface area contributed by atoms with Crippen molar-refractivity contribution in [1.82, 2.24) is 20.2 Å². The maximum Gasteiger partial charge on any atom is 0.223 e. The van der Waals surface area contributed by atoms with E-state index in [0.717, 1.165) is 42.1 Å². The summed E-state index contributed by atoms with van der Waals surface area (Å²) in [6.07, 6.45) is 1.19. The Morgan fingerprint density at radius 2 is 2.17 bits per heavy atom. The van der Waals surface area contributed by atoms with Gasteiger partial charge >= 0.3 is 0 Å². The number of aromatic amines is 1. The highest BCUT2D eigenvalue weighted by Crippen LogP contribution is 2.16. The number of aryl methyl sites for hydroxylation is 2. The summed E-state index contributed by atoms with van der Waals surface area (Å²) in [7, 11) is 0. The molecule has 2 aromatic rings. The number of carbonyl (C=O) groups is 1. The van der Waals surface area contributed by atoms with Crippen molar-refractivity contribution < 1.29 is 4.79 Å². The molecule has 1 saturated heterocycles. The van der Waals surface area contributed by atoms with E-state index in [1.165, 1.54) is 0 Å². The van der Waals surface area contributed by atoms with Gasteiger partial charge in [-0.2, -0.15) is 0 Å². The lowest BCUT2D eigenvalue weighted by Gasteiger charge is -2.34. The van der Waals surface area contributed by atoms with Crippen molar-refractivity contribution in [2.75, 3.05) is 19.6 Å². The van der Waals surface area contributed by atoms with E-state index in [0.29, 0.717) is 12.8 Å². The molecule has 23 heavy (non-hydrogen) atoms. The maximum absolute atomic E-state index is 12.3. The first kappa shape index (κ1) is 19.7. The van der Waals surface area contributed by atoms with Gasteiger partial charge in [-0.3, -0.25) is 4.79 Å². The van der Waals surface area contributed by atoms with Crippen molar-refractivity contribution in [3.63, 3.8) is 0 Å². The van der Waals surface area contributed by atoms with Gasteiger partial charge in [0.1, 0.15) is 5.82 Å². The fourth-order valence-electron chi connectivity index (χ4n) is 2.93. The van der Waals surface area contributed by atoms with Crippen LogP contribution < -0.4 is 5.32 Å². The molecule has 0 radical (unpaired) electrons. The summed E-state index contributed by atoms with van der Waals surface area (Å²) in [5.74, 6) is 1.12. The number of aromatic nitrogens is 2. The Kier molecular flexibility index (Phi) is 7.32. The zero-order valence-corrected chi connectivity index (χ0v) is 15.1. The SMILES string of the molecule is Cc1cccc2[nH]c(CCC(=O)N3CCNC[C@H]3C)nc12.Cl.Cl. The average molecular weight is 359 g/mol. The Morgan fingerprint density at radius 3 is 2.87 bits per heavy atom. The summed E-state index contributed by atoms with van der Waals surface area (Å²) in [6.45, 7) is 6.73. The van der Waals surface area contributed by atoms with Crippen molar-refractivity contribution in [2.45, 2.75) is 32.7 Å². The third-order valence-corrected chi connectivity index (χ3v) is 4.16. The van der Waals surface area contributed by atoms with E-state index in [1.807, 2.05) is 17.0 Å². The molecule has 3 rings (SSSR count). The molecule has 7 heteroatoms. The molecule has 0 saturated carbocycles. The molecular formula is C16H24Cl2N4O. The first-order valence-corrected chi connectivity index (χ1v) is 7.59. The number of nitrogens with one attached hydrogen (secondary N) is 2. The predicted octanol–water partition coefficient (Wildman–Crippen LogP) is 2.47. The number of imidazole rings is 1. The van der Waals surface area contributed by atoms with E-state index in [2.05, 4.69) is 35.2 Å². The number of amides is 1. The number of hydrogen-bond acceptors (Lipinski definition) is 3. The van der Waals surface area contributed by atoms with Crippen LogP contribution in [-0.2, 0) is 11.2 Å². The highest BCUT2D eigenvalue weighted by molar-refractivity contribution is 5.85. The van der Waals surface area contributed by atoms with Gasteiger partial charge in [0, 0.05) is 38.5 Å². The second kappa shape index (κ2) is 8.52. The van der Waals surface area contributed by atoms with Crippen LogP contribution in [0.25, 0.3) is 11.0 Å². The summed E-state index contributed by atoms with van der Waals surface area (Å²) < 4.78 is 0. The van der Waals surface area contributed by atoms with Gasteiger partial charge in [-0.25, -0.2) is 4.98 Å². The van der Waals surface area contributed by atoms with E-state index in [-0.39, 0.29) is 36.8 Å². The molecule has 1 atom stereocenters. The van der Waals surface area contributed by atoms with Crippen LogP contribution in [0.3, 0.4) is 0 Å². The van der Waals surface area contributed by atoms with E-state index >= 15 is 0 Å². The molecular weight excluding hydrogens is 335 g/mol. The first-order chi connectivity index (χ1) is 10.1. The maximum atomic E-state index is 12.3. The summed E-state index contributed by atoms with van der Waals surface area (Å²) in [5.41, 5.74) is 3.22. The minimum atomic E-state index is 0. The largest absolute Gasteiger partial charge is 0.342 e. The van der Waals surface area contributed by atoms with Crippen LogP contribution in [0.5, 0.6) is 0 Å². The van der Waals surface area contributed by atoms with Crippen LogP contribution >= 0.6 is 24.8 Å². The number of H-pyrrole nitrogens is 1. The van der Waals surface area contributed by atoms with Crippen LogP contribution in [0.2, 0.25) is 0 Å². The molecule has 0 aliphatic carbocycles. The van der Waals surface area contributed by atoms with Crippen LogP contribution in [0.4, 0.5) is 0 Å². The fraction of sp³-hybridized carbons (Fsp3) is 0.500. The number of carbonyl (C=O) groups excluding carboxylic acids is 1. The molecule has 1 aromatic carbocycles. The second-order valence-electron chi connectivity index (χ2n) is 5.79. The van der Waals surface area contributed by atoms with Gasteiger partial charge in [-0.05, 0) is 25.5 Å². The van der Waals surface area contributed by atoms with Gasteiger partial charge in [-0.15, -0.1) is 24.8 Å². The zero-order chi connectivity index (χ0) is 14.8. The number of hydrogen-bond donors (Lipinski definition) is 2. The zero-order valence-electron chi connectivity index (χ0n) is 13.5. The highest BCUT2D eigenvalue weighted by atomic mass is 35.5. The lowest BCUT2D eigenvalue weighted by Crippen LogP contribution is -2.52. The van der Waals surface area contributed by atoms with Crippen molar-refractivity contribution in [2.24, 2.45) is 0 Å². The summed E-state index contributed by atoms with van der Waals surface area (Å²) >= 11 is 0. The molecule has 1 fully saturated rings. The van der Waals surface area contributed by atoms with Gasteiger partial charge in [0.15, 0.2) is 0 Å². The molecule has 1 amide bonds. The number of rotatable bonds is 3. The molecule has 1 aliphatic rings. The molecule has 0 unspecified atom stereocenters. The van der Waals surface area contributed by atoms with Gasteiger partial charge in [0.25, 0.3) is 0 Å². The Labute approximate surface area is 149 Å². The normalized spacial score (nSPS) is 17.5. The second-order valence-corrected chi connectivity index (χ2v) is 5.79. The first-order valence-electron chi connectivity index (χ1n) is 7.59. The molecule has 0 spiro atoms. The Bertz CT molecular complexity index is 659. The smallest absolute Gasteiger partial charge is 0.223 e. The Hall–Kier alpha value is -1.30. The van der Waals surface area contributed by atoms with Gasteiger partial charge in [0.05, 0.1) is 11.0 Å². The van der Waals surface area contributed by atoms with Gasteiger partial charge in [0.2, 0.25) is 5.91 Å². The van der Waals surface area contributed by atoms with Crippen molar-refractivity contribution in [1.29, 1.82) is 0 Å². The number of benzene rings is 1. The lowest BCUT2D eigenvalue weighted by molar-refractivity contribution is -0.133. The lowest BCUT2D eigenvalue weighted by atomic mass is 10.2. The van der Waals surface area contributed by atoms with Crippen molar-refractivity contribution >= 4 is 41.8 Å². The molecule has 2 heterocycles. The highest BCUT2D eigenvalue weighted by Gasteiger charge is 2.22.